The Bertz CT molecular complexity index is 206. The van der Waals surface area contributed by atoms with Crippen LogP contribution in [-0.4, -0.2) is 39.5 Å². The van der Waals surface area contributed by atoms with E-state index in [1.54, 1.807) is 6.34 Å². The molecule has 0 saturated carbocycles. The Kier molecular flexibility index (Phi) is 8.06. The summed E-state index contributed by atoms with van der Waals surface area (Å²) in [6.45, 7) is 1.99. The van der Waals surface area contributed by atoms with Gasteiger partial charge < -0.3 is 11.5 Å². The summed E-state index contributed by atoms with van der Waals surface area (Å²) < 4.78 is 29.7. The molecule has 1 aliphatic rings. The minimum atomic E-state index is -4.16. The van der Waals surface area contributed by atoms with Gasteiger partial charge in [0.15, 0.2) is 0 Å². The molecule has 12 heavy (non-hydrogen) atoms. The lowest BCUT2D eigenvalue weighted by molar-refractivity contribution is 0.324. The van der Waals surface area contributed by atoms with Crippen molar-refractivity contribution in [1.29, 1.82) is 0 Å². The summed E-state index contributed by atoms with van der Waals surface area (Å²) in [4.78, 5) is 3.85. The zero-order chi connectivity index (χ0) is 8.74. The minimum absolute atomic E-state index is 0. The lowest BCUT2D eigenvalue weighted by atomic mass is 10.7. The Balaban J connectivity index is 0. The van der Waals surface area contributed by atoms with E-state index in [4.69, 9.17) is 4.55 Å². The second-order valence-corrected chi connectivity index (χ2v) is 2.77. The summed E-state index contributed by atoms with van der Waals surface area (Å²) in [5.74, 6) is 0. The van der Waals surface area contributed by atoms with Crippen LogP contribution in [0.4, 0.5) is 0 Å². The first-order chi connectivity index (χ1) is 5.06. The molecule has 0 amide bonds. The fourth-order valence-electron chi connectivity index (χ4n) is 0.323. The molecule has 8 heteroatoms. The Hall–Kier alpha value is -0.700. The first-order valence-corrected chi connectivity index (χ1v) is 4.17. The largest absolute Gasteiger partial charge is 0.397 e. The van der Waals surface area contributed by atoms with E-state index >= 15 is 0 Å². The Morgan fingerprint density at radius 2 is 2.17 bits per heavy atom. The monoisotopic (exact) mass is 199 g/mol. The third kappa shape index (κ3) is 12.0. The highest BCUT2D eigenvalue weighted by Gasteiger charge is 1.94. The predicted octanol–water partition coefficient (Wildman–Crippen LogP) is -0.784. The highest BCUT2D eigenvalue weighted by Crippen LogP contribution is 1.74. The number of hydrogen-bond donors (Lipinski definition) is 3. The first-order valence-electron chi connectivity index (χ1n) is 2.81. The van der Waals surface area contributed by atoms with Gasteiger partial charge in [-0.3, -0.25) is 13.7 Å². The molecule has 7 nitrogen and oxygen atoms in total. The van der Waals surface area contributed by atoms with Crippen molar-refractivity contribution in [2.45, 2.75) is 0 Å². The molecule has 0 spiro atoms. The molecule has 0 aromatic rings. The Morgan fingerprint density at radius 3 is 2.25 bits per heavy atom. The van der Waals surface area contributed by atoms with Gasteiger partial charge in [-0.25, -0.2) is 0 Å². The highest BCUT2D eigenvalue weighted by molar-refractivity contribution is 7.80. The molecular weight excluding hydrogens is 186 g/mol. The molecule has 1 rings (SSSR count). The molecule has 0 bridgehead atoms. The fourth-order valence-corrected chi connectivity index (χ4v) is 0.323. The van der Waals surface area contributed by atoms with Crippen LogP contribution in [0, 0.1) is 0 Å². The quantitative estimate of drug-likeness (QED) is 0.476. The zero-order valence-corrected chi connectivity index (χ0v) is 7.54. The van der Waals surface area contributed by atoms with E-state index in [1.807, 2.05) is 0 Å². The molecule has 0 fully saturated rings. The van der Waals surface area contributed by atoms with E-state index < -0.39 is 10.4 Å². The zero-order valence-electron chi connectivity index (χ0n) is 6.73. The molecule has 0 saturated heterocycles. The number of rotatable bonds is 1. The van der Waals surface area contributed by atoms with E-state index in [9.17, 15) is 8.42 Å². The van der Waals surface area contributed by atoms with Crippen molar-refractivity contribution < 1.29 is 17.2 Å². The second-order valence-electron chi connectivity index (χ2n) is 1.58. The smallest absolute Gasteiger partial charge is 0.375 e. The van der Waals surface area contributed by atoms with E-state index in [0.29, 0.717) is 0 Å². The molecule has 0 atom stereocenters. The van der Waals surface area contributed by atoms with Crippen LogP contribution >= 0.6 is 0 Å². The molecule has 0 aromatic carbocycles. The van der Waals surface area contributed by atoms with Crippen LogP contribution in [0.15, 0.2) is 4.99 Å². The van der Waals surface area contributed by atoms with E-state index in [-0.39, 0.29) is 6.15 Å². The maximum Gasteiger partial charge on any atom is 0.397 e. The lowest BCUT2D eigenvalue weighted by Crippen LogP contribution is -2.04. The molecule has 0 radical (unpaired) electrons. The standard InChI is InChI=1S/C3H6N2.CH4O4S.H3N/c1-2-5-3-4-1;1-5-6(2,3)4;/h3H,1-2H2,(H,4,5);1H3,(H,2,3,4);1H3. The maximum atomic E-state index is 9.33. The molecule has 0 aliphatic carbocycles. The number of hydrogen-bond acceptors (Lipinski definition) is 6. The first kappa shape index (κ1) is 13.9. The summed E-state index contributed by atoms with van der Waals surface area (Å²) >= 11 is 0. The van der Waals surface area contributed by atoms with Crippen molar-refractivity contribution in [2.75, 3.05) is 20.2 Å². The van der Waals surface area contributed by atoms with Crippen LogP contribution < -0.4 is 11.5 Å². The van der Waals surface area contributed by atoms with Crippen molar-refractivity contribution in [3.05, 3.63) is 0 Å². The van der Waals surface area contributed by atoms with Gasteiger partial charge in [0.05, 0.1) is 20.0 Å². The molecule has 1 heterocycles. The summed E-state index contributed by atoms with van der Waals surface area (Å²) in [6.07, 6.45) is 1.74. The molecular formula is C4H13N3O4S. The third-order valence-electron chi connectivity index (χ3n) is 0.778. The maximum absolute atomic E-state index is 9.33. The minimum Gasteiger partial charge on any atom is -0.375 e. The van der Waals surface area contributed by atoms with Crippen LogP contribution in [0.3, 0.4) is 0 Å². The molecule has 5 N–H and O–H groups in total. The van der Waals surface area contributed by atoms with Crippen molar-refractivity contribution >= 4 is 16.7 Å². The summed E-state index contributed by atoms with van der Waals surface area (Å²) in [6, 6.07) is 0. The summed E-state index contributed by atoms with van der Waals surface area (Å²) in [7, 11) is -3.29. The van der Waals surface area contributed by atoms with Gasteiger partial charge in [-0.15, -0.1) is 0 Å². The van der Waals surface area contributed by atoms with Crippen LogP contribution in [0.2, 0.25) is 0 Å². The van der Waals surface area contributed by atoms with Gasteiger partial charge in [-0.1, -0.05) is 0 Å². The molecule has 0 unspecified atom stereocenters. The number of nitrogens with zero attached hydrogens (tertiary/aromatic N) is 1. The van der Waals surface area contributed by atoms with E-state index in [2.05, 4.69) is 14.5 Å². The van der Waals surface area contributed by atoms with Gasteiger partial charge in [-0.2, -0.15) is 8.42 Å². The van der Waals surface area contributed by atoms with Gasteiger partial charge in [0.1, 0.15) is 0 Å². The van der Waals surface area contributed by atoms with Crippen molar-refractivity contribution in [3.8, 4) is 0 Å². The average molecular weight is 199 g/mol. The Morgan fingerprint density at radius 1 is 1.67 bits per heavy atom. The van der Waals surface area contributed by atoms with Gasteiger partial charge in [-0.05, 0) is 0 Å². The summed E-state index contributed by atoms with van der Waals surface area (Å²) in [5, 5.41) is 2.93. The molecule has 1 aliphatic heterocycles. The van der Waals surface area contributed by atoms with Crippen LogP contribution in [-0.2, 0) is 14.6 Å². The number of aliphatic imine (C=N–C) groups is 1. The lowest BCUT2D eigenvalue weighted by Gasteiger charge is -1.82. The summed E-state index contributed by atoms with van der Waals surface area (Å²) in [5.41, 5.74) is 0. The molecule has 0 aromatic heterocycles. The Labute approximate surface area is 71.4 Å². The number of nitrogens with one attached hydrogen (secondary N) is 1. The second kappa shape index (κ2) is 6.98. The molecule has 74 valence electrons. The van der Waals surface area contributed by atoms with Crippen molar-refractivity contribution in [1.82, 2.24) is 11.5 Å². The van der Waals surface area contributed by atoms with Crippen LogP contribution in [0.25, 0.3) is 0 Å². The van der Waals surface area contributed by atoms with Crippen LogP contribution in [0.1, 0.15) is 0 Å². The van der Waals surface area contributed by atoms with E-state index in [0.717, 1.165) is 20.2 Å². The van der Waals surface area contributed by atoms with Gasteiger partial charge in [0.2, 0.25) is 0 Å². The van der Waals surface area contributed by atoms with Gasteiger partial charge in [0.25, 0.3) is 0 Å². The highest BCUT2D eigenvalue weighted by atomic mass is 32.3. The topological polar surface area (TPSA) is 123 Å². The van der Waals surface area contributed by atoms with E-state index in [1.165, 1.54) is 0 Å². The third-order valence-corrected chi connectivity index (χ3v) is 1.20. The van der Waals surface area contributed by atoms with Gasteiger partial charge >= 0.3 is 10.4 Å². The average Bonchev–Trinajstić information content (AvgIpc) is 2.41. The van der Waals surface area contributed by atoms with Gasteiger partial charge in [0, 0.05) is 6.54 Å². The van der Waals surface area contributed by atoms with Crippen molar-refractivity contribution in [3.63, 3.8) is 0 Å². The SMILES string of the molecule is C1=NCCN1.COS(=O)(=O)O.N. The normalized spacial score (nSPS) is 13.8. The fraction of sp³-hybridized carbons (Fsp3) is 0.750. The predicted molar refractivity (Wildman–Crippen MR) is 44.9 cm³/mol. The van der Waals surface area contributed by atoms with Crippen molar-refractivity contribution in [2.24, 2.45) is 4.99 Å². The van der Waals surface area contributed by atoms with Crippen LogP contribution in [0.5, 0.6) is 0 Å².